The van der Waals surface area contributed by atoms with Crippen LogP contribution in [-0.2, 0) is 9.47 Å². The summed E-state index contributed by atoms with van der Waals surface area (Å²) in [6, 6.07) is 10.4. The number of benzene rings is 2. The Hall–Kier alpha value is -4.08. The van der Waals surface area contributed by atoms with Crippen molar-refractivity contribution >= 4 is 17.6 Å². The van der Waals surface area contributed by atoms with E-state index in [1.165, 1.54) is 6.92 Å². The van der Waals surface area contributed by atoms with Crippen molar-refractivity contribution in [3.63, 3.8) is 0 Å². The minimum Gasteiger partial charge on any atom is -0.465 e. The number of methoxy groups -OCH3 is 2. The van der Waals surface area contributed by atoms with Gasteiger partial charge < -0.3 is 9.47 Å². The molecule has 0 unspecified atom stereocenters. The number of nitro groups is 1. The topological polar surface area (TPSA) is 114 Å². The van der Waals surface area contributed by atoms with E-state index in [4.69, 9.17) is 9.47 Å². The SMILES string of the molecule is COC(=O)c1c(-c2c(F)cc(C)cc2[N+](=O)[O-])nn(-c2ccccc2)c1C(=O)OC. The van der Waals surface area contributed by atoms with E-state index in [1.54, 1.807) is 30.3 Å². The van der Waals surface area contributed by atoms with Gasteiger partial charge in [-0.25, -0.2) is 18.7 Å². The number of esters is 2. The fourth-order valence-electron chi connectivity index (χ4n) is 3.03. The molecule has 0 aliphatic carbocycles. The van der Waals surface area contributed by atoms with Crippen molar-refractivity contribution in [3.8, 4) is 16.9 Å². The molecule has 0 aliphatic heterocycles. The van der Waals surface area contributed by atoms with E-state index in [0.717, 1.165) is 31.0 Å². The van der Waals surface area contributed by atoms with Crippen molar-refractivity contribution < 1.29 is 28.4 Å². The van der Waals surface area contributed by atoms with Gasteiger partial charge in [0.2, 0.25) is 0 Å². The van der Waals surface area contributed by atoms with Crippen LogP contribution in [-0.4, -0.2) is 40.9 Å². The van der Waals surface area contributed by atoms with Crippen LogP contribution in [0.25, 0.3) is 16.9 Å². The van der Waals surface area contributed by atoms with Crippen molar-refractivity contribution in [2.24, 2.45) is 0 Å². The molecule has 0 saturated carbocycles. The number of nitrogens with zero attached hydrogens (tertiary/aromatic N) is 3. The standard InChI is InChI=1S/C20H16FN3O6/c1-11-9-13(21)15(14(10-11)24(27)28)17-16(19(25)29-2)18(20(26)30-3)23(22-17)12-7-5-4-6-8-12/h4-10H,1-3H3. The number of ether oxygens (including phenoxy) is 2. The minimum atomic E-state index is -1.03. The normalized spacial score (nSPS) is 10.5. The highest BCUT2D eigenvalue weighted by Crippen LogP contribution is 2.37. The summed E-state index contributed by atoms with van der Waals surface area (Å²) in [4.78, 5) is 35.9. The van der Waals surface area contributed by atoms with Gasteiger partial charge in [0.1, 0.15) is 22.6 Å². The highest BCUT2D eigenvalue weighted by atomic mass is 19.1. The Kier molecular flexibility index (Phi) is 5.58. The maximum Gasteiger partial charge on any atom is 0.357 e. The summed E-state index contributed by atoms with van der Waals surface area (Å²) >= 11 is 0. The molecule has 1 aromatic heterocycles. The molecule has 0 atom stereocenters. The van der Waals surface area contributed by atoms with Gasteiger partial charge in [0.15, 0.2) is 5.69 Å². The van der Waals surface area contributed by atoms with Crippen LogP contribution in [0.4, 0.5) is 10.1 Å². The van der Waals surface area contributed by atoms with Crippen molar-refractivity contribution in [1.82, 2.24) is 9.78 Å². The molecule has 10 heteroatoms. The highest BCUT2D eigenvalue weighted by Gasteiger charge is 2.35. The predicted molar refractivity (Wildman–Crippen MR) is 103 cm³/mol. The lowest BCUT2D eigenvalue weighted by Gasteiger charge is -2.07. The van der Waals surface area contributed by atoms with Gasteiger partial charge in [-0.05, 0) is 30.7 Å². The van der Waals surface area contributed by atoms with Gasteiger partial charge in [-0.2, -0.15) is 5.10 Å². The van der Waals surface area contributed by atoms with E-state index in [-0.39, 0.29) is 5.69 Å². The Labute approximate surface area is 169 Å². The van der Waals surface area contributed by atoms with Crippen LogP contribution in [0.2, 0.25) is 0 Å². The zero-order valence-electron chi connectivity index (χ0n) is 16.2. The second kappa shape index (κ2) is 8.11. The molecule has 0 N–H and O–H groups in total. The van der Waals surface area contributed by atoms with Gasteiger partial charge >= 0.3 is 11.9 Å². The fraction of sp³-hybridized carbons (Fsp3) is 0.150. The Morgan fingerprint density at radius 1 is 1.10 bits per heavy atom. The maximum atomic E-state index is 14.9. The average Bonchev–Trinajstić information content (AvgIpc) is 3.12. The van der Waals surface area contributed by atoms with Crippen LogP contribution < -0.4 is 0 Å². The summed E-state index contributed by atoms with van der Waals surface area (Å²) in [5, 5.41) is 15.8. The number of hydrogen-bond acceptors (Lipinski definition) is 7. The molecular weight excluding hydrogens is 397 g/mol. The summed E-state index contributed by atoms with van der Waals surface area (Å²) in [5.74, 6) is -2.95. The van der Waals surface area contributed by atoms with E-state index >= 15 is 0 Å². The molecule has 154 valence electrons. The van der Waals surface area contributed by atoms with Gasteiger partial charge in [-0.3, -0.25) is 10.1 Å². The molecule has 1 heterocycles. The number of hydrogen-bond donors (Lipinski definition) is 0. The minimum absolute atomic E-state index is 0.304. The van der Waals surface area contributed by atoms with E-state index < -0.39 is 45.2 Å². The molecule has 0 fully saturated rings. The van der Waals surface area contributed by atoms with E-state index in [2.05, 4.69) is 5.10 Å². The van der Waals surface area contributed by atoms with Crippen molar-refractivity contribution in [2.75, 3.05) is 14.2 Å². The Morgan fingerprint density at radius 2 is 1.73 bits per heavy atom. The summed E-state index contributed by atoms with van der Waals surface area (Å²) in [6.07, 6.45) is 0. The number of carbonyl (C=O) groups is 2. The summed E-state index contributed by atoms with van der Waals surface area (Å²) in [7, 11) is 2.16. The van der Waals surface area contributed by atoms with Gasteiger partial charge in [0, 0.05) is 6.07 Å². The van der Waals surface area contributed by atoms with Gasteiger partial charge in [-0.15, -0.1) is 0 Å². The number of carbonyl (C=O) groups excluding carboxylic acids is 2. The van der Waals surface area contributed by atoms with Crippen LogP contribution in [0.15, 0.2) is 42.5 Å². The van der Waals surface area contributed by atoms with Crippen molar-refractivity contribution in [1.29, 1.82) is 0 Å². The van der Waals surface area contributed by atoms with Crippen LogP contribution in [0.5, 0.6) is 0 Å². The molecular formula is C20H16FN3O6. The Balaban J connectivity index is 2.48. The Bertz CT molecular complexity index is 1160. The lowest BCUT2D eigenvalue weighted by molar-refractivity contribution is -0.384. The summed E-state index contributed by atoms with van der Waals surface area (Å²) in [5.41, 5.74) is -1.69. The quantitative estimate of drug-likeness (QED) is 0.357. The lowest BCUT2D eigenvalue weighted by atomic mass is 10.0. The molecule has 0 radical (unpaired) electrons. The third-order valence-electron chi connectivity index (χ3n) is 4.30. The molecule has 0 spiro atoms. The molecule has 30 heavy (non-hydrogen) atoms. The predicted octanol–water partition coefficient (Wildman–Crippen LogP) is 3.47. The molecule has 9 nitrogen and oxygen atoms in total. The second-order valence-corrected chi connectivity index (χ2v) is 6.20. The van der Waals surface area contributed by atoms with Crippen molar-refractivity contribution in [2.45, 2.75) is 6.92 Å². The smallest absolute Gasteiger partial charge is 0.357 e. The number of halogens is 1. The first-order valence-electron chi connectivity index (χ1n) is 8.60. The molecule has 0 aliphatic rings. The summed E-state index contributed by atoms with van der Waals surface area (Å²) < 4.78 is 25.5. The lowest BCUT2D eigenvalue weighted by Crippen LogP contribution is -2.15. The van der Waals surface area contributed by atoms with Crippen LogP contribution in [0.3, 0.4) is 0 Å². The number of aromatic nitrogens is 2. The third-order valence-corrected chi connectivity index (χ3v) is 4.30. The fourth-order valence-corrected chi connectivity index (χ4v) is 3.03. The van der Waals surface area contributed by atoms with Gasteiger partial charge in [0.25, 0.3) is 5.69 Å². The molecule has 3 aromatic rings. The molecule has 2 aromatic carbocycles. The average molecular weight is 413 g/mol. The Morgan fingerprint density at radius 3 is 2.30 bits per heavy atom. The molecule has 3 rings (SSSR count). The third kappa shape index (κ3) is 3.50. The highest BCUT2D eigenvalue weighted by molar-refractivity contribution is 6.07. The number of nitro benzene ring substituents is 1. The zero-order chi connectivity index (χ0) is 22.0. The first-order valence-corrected chi connectivity index (χ1v) is 8.60. The van der Waals surface area contributed by atoms with Gasteiger partial charge in [-0.1, -0.05) is 18.2 Å². The van der Waals surface area contributed by atoms with E-state index in [0.29, 0.717) is 11.3 Å². The molecule has 0 bridgehead atoms. The first-order chi connectivity index (χ1) is 14.3. The monoisotopic (exact) mass is 413 g/mol. The summed E-state index contributed by atoms with van der Waals surface area (Å²) in [6.45, 7) is 1.49. The largest absolute Gasteiger partial charge is 0.465 e. The second-order valence-electron chi connectivity index (χ2n) is 6.20. The van der Waals surface area contributed by atoms with Crippen LogP contribution in [0, 0.1) is 22.9 Å². The number of aryl methyl sites for hydroxylation is 1. The van der Waals surface area contributed by atoms with Crippen LogP contribution >= 0.6 is 0 Å². The number of para-hydroxylation sites is 1. The van der Waals surface area contributed by atoms with E-state index in [9.17, 15) is 24.1 Å². The molecule has 0 saturated heterocycles. The van der Waals surface area contributed by atoms with Crippen molar-refractivity contribution in [3.05, 3.63) is 75.2 Å². The van der Waals surface area contributed by atoms with Crippen LogP contribution in [0.1, 0.15) is 26.4 Å². The zero-order valence-corrected chi connectivity index (χ0v) is 16.2. The first kappa shape index (κ1) is 20.6. The maximum absolute atomic E-state index is 14.9. The van der Waals surface area contributed by atoms with E-state index in [1.807, 2.05) is 0 Å². The van der Waals surface area contributed by atoms with Gasteiger partial charge in [0.05, 0.1) is 24.8 Å². The number of rotatable bonds is 5. The molecule has 0 amide bonds.